The van der Waals surface area contributed by atoms with Gasteiger partial charge in [-0.15, -0.1) is 0 Å². The number of nitrogens with one attached hydrogen (secondary N) is 1. The first-order valence-electron chi connectivity index (χ1n) is 7.37. The summed E-state index contributed by atoms with van der Waals surface area (Å²) in [6.45, 7) is 1.74. The molecule has 0 bridgehead atoms. The van der Waals surface area contributed by atoms with Gasteiger partial charge in [-0.05, 0) is 31.2 Å². The predicted octanol–water partition coefficient (Wildman–Crippen LogP) is 3.48. The molecule has 0 saturated carbocycles. The Morgan fingerprint density at radius 2 is 1.88 bits per heavy atom. The maximum absolute atomic E-state index is 12.5. The van der Waals surface area contributed by atoms with Crippen LogP contribution in [0, 0.1) is 6.92 Å². The number of thioether (sulfide) groups is 1. The molecule has 0 unspecified atom stereocenters. The third kappa shape index (κ3) is 4.26. The van der Waals surface area contributed by atoms with E-state index >= 15 is 0 Å². The Balaban J connectivity index is 1.64. The lowest BCUT2D eigenvalue weighted by Gasteiger charge is -2.09. The van der Waals surface area contributed by atoms with Gasteiger partial charge in [0.25, 0.3) is 0 Å². The normalized spacial score (nSPS) is 11.5. The smallest absolute Gasteiger partial charge is 0.325 e. The van der Waals surface area contributed by atoms with Crippen molar-refractivity contribution in [2.24, 2.45) is 0 Å². The molecule has 0 aliphatic heterocycles. The molecule has 0 aliphatic rings. The van der Waals surface area contributed by atoms with E-state index in [-0.39, 0.29) is 17.3 Å². The van der Waals surface area contributed by atoms with Crippen LogP contribution in [-0.2, 0) is 11.0 Å². The average molecular weight is 379 g/mol. The second kappa shape index (κ2) is 7.24. The lowest BCUT2D eigenvalue weighted by Crippen LogP contribution is -2.14. The first-order chi connectivity index (χ1) is 12.3. The van der Waals surface area contributed by atoms with E-state index in [0.717, 1.165) is 12.1 Å². The topological polar surface area (TPSA) is 80.7 Å². The lowest BCUT2D eigenvalue weighted by molar-refractivity contribution is -0.137. The zero-order valence-corrected chi connectivity index (χ0v) is 14.2. The van der Waals surface area contributed by atoms with Crippen LogP contribution in [0.5, 0.6) is 0 Å². The molecule has 0 radical (unpaired) electrons. The average Bonchev–Trinajstić information content (AvgIpc) is 2.59. The van der Waals surface area contributed by atoms with E-state index in [1.54, 1.807) is 13.1 Å². The number of nitrogens with zero attached hydrogens (tertiary/aromatic N) is 4. The number of rotatable bonds is 4. The summed E-state index contributed by atoms with van der Waals surface area (Å²) < 4.78 is 37.6. The summed E-state index contributed by atoms with van der Waals surface area (Å²) >= 11 is 1.17. The van der Waals surface area contributed by atoms with Crippen molar-refractivity contribution in [2.75, 3.05) is 11.1 Å². The molecule has 26 heavy (non-hydrogen) atoms. The van der Waals surface area contributed by atoms with Crippen LogP contribution in [0.3, 0.4) is 0 Å². The van der Waals surface area contributed by atoms with E-state index in [0.29, 0.717) is 21.9 Å². The minimum Gasteiger partial charge on any atom is -0.325 e. The van der Waals surface area contributed by atoms with E-state index in [4.69, 9.17) is 0 Å². The number of amides is 1. The van der Waals surface area contributed by atoms with Gasteiger partial charge in [0, 0.05) is 11.9 Å². The second-order valence-corrected chi connectivity index (χ2v) is 6.21. The highest BCUT2D eigenvalue weighted by Crippen LogP contribution is 2.30. The number of alkyl halides is 3. The van der Waals surface area contributed by atoms with Gasteiger partial charge in [0.1, 0.15) is 17.2 Å². The SMILES string of the molecule is Cc1ncc2c(SCC(=O)Nc3ccc(C(F)(F)F)cc3)ncnc2n1. The molecule has 0 spiro atoms. The number of hydrogen-bond donors (Lipinski definition) is 1. The molecule has 1 aromatic carbocycles. The van der Waals surface area contributed by atoms with Crippen LogP contribution in [0.25, 0.3) is 11.0 Å². The maximum atomic E-state index is 12.5. The monoisotopic (exact) mass is 379 g/mol. The molecule has 0 fully saturated rings. The number of hydrogen-bond acceptors (Lipinski definition) is 6. The molecule has 0 saturated heterocycles. The number of aryl methyl sites for hydroxylation is 1. The Labute approximate surface area is 150 Å². The summed E-state index contributed by atoms with van der Waals surface area (Å²) in [4.78, 5) is 28.5. The van der Waals surface area contributed by atoms with Crippen LogP contribution >= 0.6 is 11.8 Å². The van der Waals surface area contributed by atoms with Crippen molar-refractivity contribution in [1.29, 1.82) is 0 Å². The van der Waals surface area contributed by atoms with Gasteiger partial charge in [-0.1, -0.05) is 11.8 Å². The van der Waals surface area contributed by atoms with Crippen molar-refractivity contribution < 1.29 is 18.0 Å². The predicted molar refractivity (Wildman–Crippen MR) is 90.7 cm³/mol. The fraction of sp³-hybridized carbons (Fsp3) is 0.188. The van der Waals surface area contributed by atoms with Crippen molar-refractivity contribution >= 4 is 34.4 Å². The van der Waals surface area contributed by atoms with Gasteiger partial charge < -0.3 is 5.32 Å². The number of carbonyl (C=O) groups is 1. The molecule has 1 N–H and O–H groups in total. The molecule has 3 rings (SSSR count). The van der Waals surface area contributed by atoms with Gasteiger partial charge in [-0.25, -0.2) is 19.9 Å². The summed E-state index contributed by atoms with van der Waals surface area (Å²) in [7, 11) is 0. The Kier molecular flexibility index (Phi) is 5.03. The van der Waals surface area contributed by atoms with Gasteiger partial charge in [0.05, 0.1) is 16.7 Å². The standard InChI is InChI=1S/C16H12F3N5OS/c1-9-20-6-12-14(23-9)21-8-22-15(12)26-7-13(25)24-11-4-2-10(3-5-11)16(17,18)19/h2-6,8H,7H2,1H3,(H,24,25). The van der Waals surface area contributed by atoms with E-state index in [9.17, 15) is 18.0 Å². The molecule has 134 valence electrons. The van der Waals surface area contributed by atoms with E-state index in [1.807, 2.05) is 0 Å². The number of benzene rings is 1. The van der Waals surface area contributed by atoms with Gasteiger partial charge >= 0.3 is 6.18 Å². The summed E-state index contributed by atoms with van der Waals surface area (Å²) in [6.07, 6.45) is -1.47. The third-order valence-electron chi connectivity index (χ3n) is 3.31. The lowest BCUT2D eigenvalue weighted by atomic mass is 10.2. The molecule has 3 aromatic rings. The zero-order valence-electron chi connectivity index (χ0n) is 13.4. The van der Waals surface area contributed by atoms with E-state index in [1.165, 1.54) is 30.2 Å². The first kappa shape index (κ1) is 18.1. The minimum absolute atomic E-state index is 0.0288. The van der Waals surface area contributed by atoms with Crippen LogP contribution in [0.4, 0.5) is 18.9 Å². The highest BCUT2D eigenvalue weighted by Gasteiger charge is 2.29. The van der Waals surface area contributed by atoms with Crippen molar-refractivity contribution in [3.8, 4) is 0 Å². The molecule has 1 amide bonds. The molecule has 2 aromatic heterocycles. The van der Waals surface area contributed by atoms with Crippen LogP contribution in [-0.4, -0.2) is 31.6 Å². The highest BCUT2D eigenvalue weighted by molar-refractivity contribution is 8.00. The van der Waals surface area contributed by atoms with E-state index < -0.39 is 11.7 Å². The zero-order chi connectivity index (χ0) is 18.7. The number of halogens is 3. The molecule has 10 heteroatoms. The quantitative estimate of drug-likeness (QED) is 0.552. The largest absolute Gasteiger partial charge is 0.416 e. The molecule has 0 aliphatic carbocycles. The molecular formula is C16H12F3N5OS. The van der Waals surface area contributed by atoms with Crippen molar-refractivity contribution in [3.05, 3.63) is 48.2 Å². The fourth-order valence-electron chi connectivity index (χ4n) is 2.10. The van der Waals surface area contributed by atoms with Crippen molar-refractivity contribution in [3.63, 3.8) is 0 Å². The fourth-order valence-corrected chi connectivity index (χ4v) is 2.86. The van der Waals surface area contributed by atoms with Gasteiger partial charge in [0.15, 0.2) is 5.65 Å². The molecule has 2 heterocycles. The Morgan fingerprint density at radius 1 is 1.15 bits per heavy atom. The van der Waals surface area contributed by atoms with Crippen molar-refractivity contribution in [2.45, 2.75) is 18.1 Å². The van der Waals surface area contributed by atoms with Gasteiger partial charge in [-0.2, -0.15) is 13.2 Å². The summed E-state index contributed by atoms with van der Waals surface area (Å²) in [6, 6.07) is 4.25. The summed E-state index contributed by atoms with van der Waals surface area (Å²) in [5.74, 6) is 0.239. The van der Waals surface area contributed by atoms with Crippen LogP contribution in [0.1, 0.15) is 11.4 Å². The van der Waals surface area contributed by atoms with Crippen LogP contribution < -0.4 is 5.32 Å². The second-order valence-electron chi connectivity index (χ2n) is 5.25. The number of anilines is 1. The third-order valence-corrected chi connectivity index (χ3v) is 4.32. The Bertz CT molecular complexity index is 947. The number of aromatic nitrogens is 4. The van der Waals surface area contributed by atoms with Crippen molar-refractivity contribution in [1.82, 2.24) is 19.9 Å². The highest BCUT2D eigenvalue weighted by atomic mass is 32.2. The summed E-state index contributed by atoms with van der Waals surface area (Å²) in [5.41, 5.74) is 0.000809. The maximum Gasteiger partial charge on any atom is 0.416 e. The molecule has 0 atom stereocenters. The van der Waals surface area contributed by atoms with E-state index in [2.05, 4.69) is 25.3 Å². The minimum atomic E-state index is -4.41. The van der Waals surface area contributed by atoms with Crippen LogP contribution in [0.15, 0.2) is 41.8 Å². The molecular weight excluding hydrogens is 367 g/mol. The first-order valence-corrected chi connectivity index (χ1v) is 8.36. The number of fused-ring (bicyclic) bond motifs is 1. The van der Waals surface area contributed by atoms with Gasteiger partial charge in [-0.3, -0.25) is 4.79 Å². The Hall–Kier alpha value is -2.75. The van der Waals surface area contributed by atoms with Gasteiger partial charge in [0.2, 0.25) is 5.91 Å². The molecule has 6 nitrogen and oxygen atoms in total. The summed E-state index contributed by atoms with van der Waals surface area (Å²) in [5, 5.41) is 3.73. The number of carbonyl (C=O) groups excluding carboxylic acids is 1. The van der Waals surface area contributed by atoms with Crippen LogP contribution in [0.2, 0.25) is 0 Å². The Morgan fingerprint density at radius 3 is 2.58 bits per heavy atom.